The maximum atomic E-state index is 12.9. The molecule has 1 aromatic heterocycles. The van der Waals surface area contributed by atoms with Crippen LogP contribution in [0, 0.1) is 11.8 Å². The molecule has 26 heavy (non-hydrogen) atoms. The molecular weight excluding hydrogens is 352 g/mol. The first-order valence-corrected chi connectivity index (χ1v) is 9.49. The van der Waals surface area contributed by atoms with Crippen molar-refractivity contribution in [3.05, 3.63) is 29.6 Å². The summed E-state index contributed by atoms with van der Waals surface area (Å²) < 4.78 is 0. The van der Waals surface area contributed by atoms with Gasteiger partial charge in [0.15, 0.2) is 0 Å². The maximum Gasteiger partial charge on any atom is 0.272 e. The van der Waals surface area contributed by atoms with E-state index in [1.54, 1.807) is 18.2 Å². The number of nitrogens with one attached hydrogen (secondary N) is 1. The molecule has 0 radical (unpaired) electrons. The lowest BCUT2D eigenvalue weighted by molar-refractivity contribution is 0.0751. The van der Waals surface area contributed by atoms with Crippen LogP contribution in [-0.2, 0) is 0 Å². The molecule has 2 amide bonds. The van der Waals surface area contributed by atoms with Gasteiger partial charge in [-0.25, -0.2) is 4.98 Å². The lowest BCUT2D eigenvalue weighted by atomic mass is 9.92. The van der Waals surface area contributed by atoms with Crippen LogP contribution in [0.25, 0.3) is 0 Å². The van der Waals surface area contributed by atoms with Gasteiger partial charge in [0.25, 0.3) is 11.8 Å². The molecule has 1 N–H and O–H groups in total. The summed E-state index contributed by atoms with van der Waals surface area (Å²) in [5.74, 6) is 1.29. The zero-order chi connectivity index (χ0) is 17.2. The summed E-state index contributed by atoms with van der Waals surface area (Å²) in [5, 5.41) is 3.46. The van der Waals surface area contributed by atoms with Crippen molar-refractivity contribution in [2.75, 3.05) is 39.3 Å². The number of rotatable bonds is 2. The maximum absolute atomic E-state index is 12.9. The number of aromatic nitrogens is 1. The van der Waals surface area contributed by atoms with Gasteiger partial charge >= 0.3 is 0 Å². The highest BCUT2D eigenvalue weighted by Gasteiger charge is 2.32. The number of carbonyl (C=O) groups excluding carboxylic acids is 2. The second-order valence-corrected chi connectivity index (χ2v) is 7.46. The quantitative estimate of drug-likeness (QED) is 0.852. The standard InChI is InChI=1S/C19H26N4O2.ClH/c24-18(22-8-1-2-9-22)16-4-3-5-17(21-16)19(25)23-10-6-14-12-20-13-15(14)7-11-23;/h3-5,14-15,20H,1-2,6-13H2;1H/t14-,15+;. The Balaban J connectivity index is 0.00000196. The van der Waals surface area contributed by atoms with Gasteiger partial charge in [0.2, 0.25) is 0 Å². The van der Waals surface area contributed by atoms with Crippen LogP contribution in [0.2, 0.25) is 0 Å². The first-order chi connectivity index (χ1) is 12.2. The number of likely N-dealkylation sites (tertiary alicyclic amines) is 2. The third-order valence-electron chi connectivity index (χ3n) is 5.89. The van der Waals surface area contributed by atoms with Gasteiger partial charge < -0.3 is 15.1 Å². The Bertz CT molecular complexity index is 649. The van der Waals surface area contributed by atoms with Crippen LogP contribution in [0.15, 0.2) is 18.2 Å². The predicted octanol–water partition coefficient (Wildman–Crippen LogP) is 1.81. The number of halogens is 1. The van der Waals surface area contributed by atoms with Crippen LogP contribution in [0.1, 0.15) is 46.7 Å². The molecule has 6 nitrogen and oxygen atoms in total. The molecular formula is C19H27ClN4O2. The lowest BCUT2D eigenvalue weighted by Crippen LogP contribution is -2.34. The second kappa shape index (κ2) is 8.35. The summed E-state index contributed by atoms with van der Waals surface area (Å²) in [5.41, 5.74) is 0.791. The number of pyridine rings is 1. The Hall–Kier alpha value is -1.66. The number of amides is 2. The molecule has 2 atom stereocenters. The van der Waals surface area contributed by atoms with Crippen LogP contribution in [0.4, 0.5) is 0 Å². The minimum atomic E-state index is -0.0522. The van der Waals surface area contributed by atoms with Gasteiger partial charge in [-0.2, -0.15) is 0 Å². The van der Waals surface area contributed by atoms with Gasteiger partial charge in [-0.1, -0.05) is 6.07 Å². The predicted molar refractivity (Wildman–Crippen MR) is 102 cm³/mol. The number of carbonyl (C=O) groups is 2. The average Bonchev–Trinajstić information content (AvgIpc) is 3.30. The largest absolute Gasteiger partial charge is 0.337 e. The van der Waals surface area contributed by atoms with Gasteiger partial charge in [0.05, 0.1) is 0 Å². The Morgan fingerprint density at radius 3 is 1.92 bits per heavy atom. The topological polar surface area (TPSA) is 65.5 Å². The molecule has 4 heterocycles. The summed E-state index contributed by atoms with van der Waals surface area (Å²) in [4.78, 5) is 33.6. The normalized spacial score (nSPS) is 25.4. The van der Waals surface area contributed by atoms with E-state index in [1.165, 1.54) is 0 Å². The van der Waals surface area contributed by atoms with Crippen LogP contribution < -0.4 is 5.32 Å². The smallest absolute Gasteiger partial charge is 0.272 e. The Labute approximate surface area is 160 Å². The van der Waals surface area contributed by atoms with Crippen LogP contribution >= 0.6 is 12.4 Å². The molecule has 3 fully saturated rings. The highest BCUT2D eigenvalue weighted by Crippen LogP contribution is 2.27. The fraction of sp³-hybridized carbons (Fsp3) is 0.632. The van der Waals surface area contributed by atoms with Gasteiger partial charge in [0.1, 0.15) is 11.4 Å². The average molecular weight is 379 g/mol. The molecule has 0 aliphatic carbocycles. The number of fused-ring (bicyclic) bond motifs is 1. The van der Waals surface area contributed by atoms with Crippen LogP contribution in [0.3, 0.4) is 0 Å². The lowest BCUT2D eigenvalue weighted by Gasteiger charge is -2.21. The minimum Gasteiger partial charge on any atom is -0.337 e. The molecule has 0 aromatic carbocycles. The summed E-state index contributed by atoms with van der Waals surface area (Å²) in [6.07, 6.45) is 4.20. The van der Waals surface area contributed by atoms with E-state index >= 15 is 0 Å². The fourth-order valence-electron chi connectivity index (χ4n) is 4.34. The molecule has 7 heteroatoms. The van der Waals surface area contributed by atoms with Crippen molar-refractivity contribution in [3.8, 4) is 0 Å². The molecule has 0 bridgehead atoms. The van der Waals surface area contributed by atoms with E-state index in [0.717, 1.165) is 65.0 Å². The first-order valence-electron chi connectivity index (χ1n) is 9.49. The van der Waals surface area contributed by atoms with Crippen molar-refractivity contribution >= 4 is 24.2 Å². The molecule has 142 valence electrons. The van der Waals surface area contributed by atoms with Crippen LogP contribution in [-0.4, -0.2) is 65.9 Å². The van der Waals surface area contributed by atoms with Crippen molar-refractivity contribution < 1.29 is 9.59 Å². The monoisotopic (exact) mass is 378 g/mol. The molecule has 4 rings (SSSR count). The molecule has 3 aliphatic rings. The summed E-state index contributed by atoms with van der Waals surface area (Å²) in [7, 11) is 0. The molecule has 0 spiro atoms. The van der Waals surface area contributed by atoms with E-state index in [1.807, 2.05) is 9.80 Å². The molecule has 3 aliphatic heterocycles. The number of nitrogens with zero attached hydrogens (tertiary/aromatic N) is 3. The van der Waals surface area contributed by atoms with E-state index < -0.39 is 0 Å². The van der Waals surface area contributed by atoms with Gasteiger partial charge in [-0.15, -0.1) is 12.4 Å². The van der Waals surface area contributed by atoms with E-state index in [4.69, 9.17) is 0 Å². The molecule has 3 saturated heterocycles. The Morgan fingerprint density at radius 1 is 0.885 bits per heavy atom. The van der Waals surface area contributed by atoms with E-state index in [0.29, 0.717) is 23.2 Å². The fourth-order valence-corrected chi connectivity index (χ4v) is 4.34. The van der Waals surface area contributed by atoms with E-state index in [9.17, 15) is 9.59 Å². The van der Waals surface area contributed by atoms with Crippen molar-refractivity contribution in [1.82, 2.24) is 20.1 Å². The summed E-state index contributed by atoms with van der Waals surface area (Å²) in [6, 6.07) is 5.23. The van der Waals surface area contributed by atoms with Crippen molar-refractivity contribution in [2.45, 2.75) is 25.7 Å². The SMILES string of the molecule is Cl.O=C(c1cccc(C(=O)N2CC[C@@H]3CNC[C@@H]3CC2)n1)N1CCCC1. The van der Waals surface area contributed by atoms with Gasteiger partial charge in [0, 0.05) is 26.2 Å². The third-order valence-corrected chi connectivity index (χ3v) is 5.89. The third kappa shape index (κ3) is 3.86. The van der Waals surface area contributed by atoms with Crippen molar-refractivity contribution in [1.29, 1.82) is 0 Å². The Morgan fingerprint density at radius 2 is 1.38 bits per heavy atom. The zero-order valence-electron chi connectivity index (χ0n) is 15.0. The van der Waals surface area contributed by atoms with Crippen molar-refractivity contribution in [2.24, 2.45) is 11.8 Å². The second-order valence-electron chi connectivity index (χ2n) is 7.46. The van der Waals surface area contributed by atoms with Gasteiger partial charge in [-0.05, 0) is 62.7 Å². The minimum absolute atomic E-state index is 0. The van der Waals surface area contributed by atoms with Crippen molar-refractivity contribution in [3.63, 3.8) is 0 Å². The van der Waals surface area contributed by atoms with Crippen LogP contribution in [0.5, 0.6) is 0 Å². The summed E-state index contributed by atoms with van der Waals surface area (Å²) >= 11 is 0. The summed E-state index contributed by atoms with van der Waals surface area (Å²) in [6.45, 7) is 5.31. The highest BCUT2D eigenvalue weighted by atomic mass is 35.5. The first kappa shape index (κ1) is 19.1. The molecule has 1 aromatic rings. The molecule has 0 unspecified atom stereocenters. The van der Waals surface area contributed by atoms with Gasteiger partial charge in [-0.3, -0.25) is 9.59 Å². The zero-order valence-corrected chi connectivity index (χ0v) is 15.8. The highest BCUT2D eigenvalue weighted by molar-refractivity contribution is 5.96. The number of hydrogen-bond donors (Lipinski definition) is 1. The van der Waals surface area contributed by atoms with E-state index in [2.05, 4.69) is 10.3 Å². The Kier molecular flexibility index (Phi) is 6.14. The molecule has 0 saturated carbocycles. The number of hydrogen-bond acceptors (Lipinski definition) is 4. The van der Waals surface area contributed by atoms with E-state index in [-0.39, 0.29) is 24.2 Å².